The number of rotatable bonds is 9. The first kappa shape index (κ1) is 44.0. The Morgan fingerprint density at radius 2 is 1.20 bits per heavy atom. The Balaban J connectivity index is 0.000000164. The fraction of sp³-hybridized carbons (Fsp3) is 0.302. The van der Waals surface area contributed by atoms with Gasteiger partial charge in [-0.2, -0.15) is 0 Å². The van der Waals surface area contributed by atoms with Gasteiger partial charge in [0, 0.05) is 37.8 Å². The van der Waals surface area contributed by atoms with Gasteiger partial charge in [0.15, 0.2) is 39.8 Å². The van der Waals surface area contributed by atoms with Gasteiger partial charge >= 0.3 is 19.6 Å². The average molecular weight is 852 g/mol. The molecule has 0 spiro atoms. The van der Waals surface area contributed by atoms with Crippen molar-refractivity contribution < 1.29 is 48.1 Å². The molecule has 317 valence electrons. The number of carbonyl (C=O) groups is 2. The van der Waals surface area contributed by atoms with E-state index in [9.17, 15) is 14.7 Å². The topological polar surface area (TPSA) is 188 Å². The Morgan fingerprint density at radius 3 is 1.79 bits per heavy atom. The van der Waals surface area contributed by atoms with Crippen LogP contribution in [0.15, 0.2) is 72.8 Å². The van der Waals surface area contributed by atoms with Gasteiger partial charge in [-0.25, -0.2) is 29.5 Å². The second-order valence-corrected chi connectivity index (χ2v) is 14.6. The van der Waals surface area contributed by atoms with Gasteiger partial charge in [0.2, 0.25) is 0 Å². The Hall–Kier alpha value is -6.59. The minimum Gasteiger partial charge on any atom is -0.537 e. The van der Waals surface area contributed by atoms with E-state index >= 15 is 0 Å². The number of hydrogen-bond acceptors (Lipinski definition) is 15. The maximum absolute atomic E-state index is 11.5. The van der Waals surface area contributed by atoms with Crippen LogP contribution in [0.5, 0.6) is 28.7 Å². The molecular weight excluding hydrogens is 807 g/mol. The van der Waals surface area contributed by atoms with E-state index in [1.807, 2.05) is 55.9 Å². The summed E-state index contributed by atoms with van der Waals surface area (Å²) in [4.78, 5) is 45.2. The summed E-state index contributed by atoms with van der Waals surface area (Å²) >= 11 is 6.16. The fourth-order valence-corrected chi connectivity index (χ4v) is 6.21. The van der Waals surface area contributed by atoms with Crippen molar-refractivity contribution in [2.45, 2.75) is 39.8 Å². The van der Waals surface area contributed by atoms with E-state index in [4.69, 9.17) is 54.9 Å². The molecule has 0 fully saturated rings. The third-order valence-electron chi connectivity index (χ3n) is 9.65. The van der Waals surface area contributed by atoms with E-state index < -0.39 is 11.9 Å². The van der Waals surface area contributed by atoms with Gasteiger partial charge < -0.3 is 48.3 Å². The number of nitrogens with zero attached hydrogens (tertiary/aromatic N) is 6. The largest absolute Gasteiger partial charge is 0.569 e. The molecule has 1 radical (unpaired) electrons. The molecule has 2 aliphatic heterocycles. The monoisotopic (exact) mass is 851 g/mol. The van der Waals surface area contributed by atoms with Crippen molar-refractivity contribution in [1.29, 1.82) is 0 Å². The first-order chi connectivity index (χ1) is 29.3. The van der Waals surface area contributed by atoms with Crippen molar-refractivity contribution in [2.24, 2.45) is 0 Å². The van der Waals surface area contributed by atoms with Crippen LogP contribution in [0.3, 0.4) is 0 Å². The Labute approximate surface area is 358 Å². The molecule has 61 heavy (non-hydrogen) atoms. The van der Waals surface area contributed by atoms with Crippen LogP contribution in [-0.2, 0) is 4.74 Å². The second-order valence-electron chi connectivity index (χ2n) is 14.2. The first-order valence-electron chi connectivity index (χ1n) is 19.3. The highest BCUT2D eigenvalue weighted by atomic mass is 35.5. The molecule has 6 aromatic rings. The zero-order valence-corrected chi connectivity index (χ0v) is 35.5. The molecule has 0 amide bonds. The number of benzene rings is 4. The third-order valence-corrected chi connectivity index (χ3v) is 9.91. The minimum atomic E-state index is -0.988. The summed E-state index contributed by atoms with van der Waals surface area (Å²) in [6.07, 6.45) is 0. The zero-order valence-electron chi connectivity index (χ0n) is 34.7. The van der Waals surface area contributed by atoms with Crippen LogP contribution in [0.1, 0.15) is 48.4 Å². The molecular formula is C43H45BClN6O10. The molecule has 4 heterocycles. The summed E-state index contributed by atoms with van der Waals surface area (Å²) in [6, 6.07) is 21.0. The van der Waals surface area contributed by atoms with Crippen LogP contribution >= 0.6 is 11.6 Å². The lowest BCUT2D eigenvalue weighted by Crippen LogP contribution is -2.27. The van der Waals surface area contributed by atoms with Gasteiger partial charge in [0.05, 0.1) is 40.3 Å². The normalized spacial score (nSPS) is 12.4. The van der Waals surface area contributed by atoms with Gasteiger partial charge in [-0.05, 0) is 94.4 Å². The lowest BCUT2D eigenvalue weighted by Gasteiger charge is -2.25. The van der Waals surface area contributed by atoms with Crippen LogP contribution < -0.4 is 33.4 Å². The van der Waals surface area contributed by atoms with E-state index in [1.165, 1.54) is 7.11 Å². The van der Waals surface area contributed by atoms with Gasteiger partial charge in [0.1, 0.15) is 37.9 Å². The number of carbonyl (C=O) groups excluding carboxylic acids is 1. The molecule has 0 atom stereocenters. The zero-order chi connectivity index (χ0) is 43.8. The molecule has 18 heteroatoms. The molecule has 0 saturated heterocycles. The molecule has 0 unspecified atom stereocenters. The molecule has 0 bridgehead atoms. The molecule has 0 saturated carbocycles. The van der Waals surface area contributed by atoms with E-state index in [2.05, 4.69) is 23.8 Å². The number of carboxylic acids is 1. The average Bonchev–Trinajstić information content (AvgIpc) is 3.27. The number of ether oxygens (including phenoxy) is 5. The van der Waals surface area contributed by atoms with Crippen LogP contribution in [0, 0.1) is 0 Å². The second kappa shape index (κ2) is 19.7. The molecule has 2 aliphatic rings. The van der Waals surface area contributed by atoms with E-state index in [0.29, 0.717) is 113 Å². The van der Waals surface area contributed by atoms with Gasteiger partial charge in [-0.3, -0.25) is 0 Å². The highest BCUT2D eigenvalue weighted by Gasteiger charge is 2.21. The summed E-state index contributed by atoms with van der Waals surface area (Å²) < 4.78 is 31.4. The number of aromatic carboxylic acids is 1. The lowest BCUT2D eigenvalue weighted by atomic mass is 10.1. The number of aromatic nitrogens is 4. The number of carboxylic acid groups (broad SMARTS) is 1. The van der Waals surface area contributed by atoms with Crippen LogP contribution in [0.4, 0.5) is 11.6 Å². The number of esters is 1. The van der Waals surface area contributed by atoms with Crippen molar-refractivity contribution in [2.75, 3.05) is 57.4 Å². The smallest absolute Gasteiger partial charge is 0.537 e. The maximum Gasteiger partial charge on any atom is 0.569 e. The SMILES string of the molecule is CC(C)N(C)c1nc2cc(C(=O)O)ccc2nc1-c1ccc2c(c1)OCCO2.COC(=O)c1ccc2nc(Cl)c(N(C)C(C)C)nc2c1.O[B]Oc1ccc2c(c1)OCCO2. The van der Waals surface area contributed by atoms with Crippen molar-refractivity contribution in [3.63, 3.8) is 0 Å². The van der Waals surface area contributed by atoms with Crippen molar-refractivity contribution in [3.8, 4) is 40.0 Å². The minimum absolute atomic E-state index is 0.186. The standard InChI is InChI=1S/C21H21N3O4.C14H16ClN3O2.C8H8BO4/c1-12(2)24(3)20-19(13-5-7-17-18(11-13)28-9-8-27-17)22-15-6-4-14(21(25)26)10-16(15)23-20;1-8(2)18(3)13-12(15)16-10-6-5-9(14(19)20-4)7-11(10)17-13;10-9-13-6-1-2-7-8(5-6)12-4-3-11-7/h4-7,10-12H,8-9H2,1-3H3,(H,25,26);5-8H,1-4H3;1-2,5,10H,3-4H2. The number of hydrogen-bond donors (Lipinski definition) is 2. The van der Waals surface area contributed by atoms with Crippen LogP contribution in [-0.4, -0.2) is 109 Å². The maximum atomic E-state index is 11.5. The van der Waals surface area contributed by atoms with Gasteiger partial charge in [-0.1, -0.05) is 11.6 Å². The van der Waals surface area contributed by atoms with E-state index in [0.717, 1.165) is 5.56 Å². The summed E-state index contributed by atoms with van der Waals surface area (Å²) in [6.45, 7) is 10.4. The van der Waals surface area contributed by atoms with Crippen molar-refractivity contribution >= 4 is 64.9 Å². The molecule has 8 rings (SSSR count). The molecule has 0 aliphatic carbocycles. The summed E-state index contributed by atoms with van der Waals surface area (Å²) in [7, 11) is 5.82. The number of fused-ring (bicyclic) bond motifs is 4. The molecule has 4 aromatic carbocycles. The van der Waals surface area contributed by atoms with Crippen molar-refractivity contribution in [1.82, 2.24) is 19.9 Å². The summed E-state index contributed by atoms with van der Waals surface area (Å²) in [5.74, 6) is 3.16. The van der Waals surface area contributed by atoms with Gasteiger partial charge in [0.25, 0.3) is 0 Å². The Kier molecular flexibility index (Phi) is 14.2. The highest BCUT2D eigenvalue weighted by Crippen LogP contribution is 2.38. The van der Waals surface area contributed by atoms with Crippen LogP contribution in [0.25, 0.3) is 33.3 Å². The Morgan fingerprint density at radius 1 is 0.672 bits per heavy atom. The molecule has 2 N–H and O–H groups in total. The quantitative estimate of drug-likeness (QED) is 0.113. The van der Waals surface area contributed by atoms with Crippen LogP contribution in [0.2, 0.25) is 5.15 Å². The number of anilines is 2. The van der Waals surface area contributed by atoms with E-state index in [1.54, 1.807) is 54.6 Å². The molecule has 2 aromatic heterocycles. The highest BCUT2D eigenvalue weighted by molar-refractivity contribution is 6.32. The third kappa shape index (κ3) is 10.4. The van der Waals surface area contributed by atoms with Crippen molar-refractivity contribution in [3.05, 3.63) is 89.1 Å². The first-order valence-corrected chi connectivity index (χ1v) is 19.6. The number of methoxy groups -OCH3 is 1. The predicted molar refractivity (Wildman–Crippen MR) is 232 cm³/mol. The van der Waals surface area contributed by atoms with Gasteiger partial charge in [-0.15, -0.1) is 0 Å². The van der Waals surface area contributed by atoms with E-state index in [-0.39, 0.29) is 17.6 Å². The Bertz CT molecular complexity index is 2550. The summed E-state index contributed by atoms with van der Waals surface area (Å²) in [5.41, 5.74) is 4.64. The summed E-state index contributed by atoms with van der Waals surface area (Å²) in [5, 5.41) is 18.0. The fourth-order valence-electron chi connectivity index (χ4n) is 5.95. The molecule has 16 nitrogen and oxygen atoms in total. The predicted octanol–water partition coefficient (Wildman–Crippen LogP) is 6.89. The lowest BCUT2D eigenvalue weighted by molar-refractivity contribution is 0.0600. The number of halogens is 1.